The molecule has 1 saturated heterocycles. The topological polar surface area (TPSA) is 94.5 Å². The Balaban J connectivity index is 2.07. The van der Waals surface area contributed by atoms with Crippen molar-refractivity contribution in [2.24, 2.45) is 5.92 Å². The van der Waals surface area contributed by atoms with E-state index in [0.29, 0.717) is 40.9 Å². The number of rotatable bonds is 10. The van der Waals surface area contributed by atoms with Gasteiger partial charge < -0.3 is 29.0 Å². The fourth-order valence-corrected chi connectivity index (χ4v) is 3.80. The maximum absolute atomic E-state index is 13.1. The van der Waals surface area contributed by atoms with Gasteiger partial charge in [-0.1, -0.05) is 19.9 Å². The van der Waals surface area contributed by atoms with E-state index < -0.39 is 17.7 Å². The lowest BCUT2D eigenvalue weighted by molar-refractivity contribution is -0.140. The predicted octanol–water partition coefficient (Wildman–Crippen LogP) is 3.81. The average Bonchev–Trinajstić information content (AvgIpc) is 3.10. The van der Waals surface area contributed by atoms with Crippen LogP contribution in [0.1, 0.15) is 31.0 Å². The molecule has 1 heterocycles. The molecule has 0 radical (unpaired) electrons. The Kier molecular flexibility index (Phi) is 8.17. The molecule has 2 aromatic rings. The number of aliphatic hydroxyl groups excluding tert-OH is 1. The van der Waals surface area contributed by atoms with Gasteiger partial charge in [-0.2, -0.15) is 0 Å². The van der Waals surface area contributed by atoms with Crippen molar-refractivity contribution in [1.29, 1.82) is 0 Å². The van der Waals surface area contributed by atoms with E-state index in [4.69, 9.17) is 18.9 Å². The predicted molar refractivity (Wildman–Crippen MR) is 127 cm³/mol. The summed E-state index contributed by atoms with van der Waals surface area (Å²) in [5.74, 6) is 0.276. The minimum absolute atomic E-state index is 0.00386. The molecule has 1 fully saturated rings. The van der Waals surface area contributed by atoms with E-state index in [9.17, 15) is 14.7 Å². The van der Waals surface area contributed by atoms with E-state index >= 15 is 0 Å². The molecular formula is C26H31NO7. The number of hydrogen-bond acceptors (Lipinski definition) is 7. The van der Waals surface area contributed by atoms with E-state index in [-0.39, 0.29) is 24.5 Å². The van der Waals surface area contributed by atoms with Crippen LogP contribution in [0.5, 0.6) is 17.2 Å². The summed E-state index contributed by atoms with van der Waals surface area (Å²) in [6, 6.07) is 11.1. The molecule has 3 rings (SSSR count). The van der Waals surface area contributed by atoms with Gasteiger partial charge in [0.05, 0.1) is 39.0 Å². The molecule has 8 heteroatoms. The highest BCUT2D eigenvalue weighted by molar-refractivity contribution is 6.46. The first-order chi connectivity index (χ1) is 16.3. The van der Waals surface area contributed by atoms with E-state index in [2.05, 4.69) is 13.8 Å². The Labute approximate surface area is 199 Å². The number of aliphatic hydroxyl groups is 1. The van der Waals surface area contributed by atoms with Crippen LogP contribution < -0.4 is 14.2 Å². The molecule has 182 valence electrons. The molecule has 1 aliphatic heterocycles. The molecule has 0 bridgehead atoms. The fourth-order valence-electron chi connectivity index (χ4n) is 3.80. The number of Topliss-reactive ketones (excluding diaryl/α,β-unsaturated/α-hetero) is 1. The summed E-state index contributed by atoms with van der Waals surface area (Å²) in [6.07, 6.45) is 0. The molecule has 1 atom stereocenters. The summed E-state index contributed by atoms with van der Waals surface area (Å²) >= 11 is 0. The molecule has 8 nitrogen and oxygen atoms in total. The van der Waals surface area contributed by atoms with Gasteiger partial charge >= 0.3 is 0 Å². The largest absolute Gasteiger partial charge is 0.507 e. The lowest BCUT2D eigenvalue weighted by Gasteiger charge is -2.25. The lowest BCUT2D eigenvalue weighted by Crippen LogP contribution is -2.32. The van der Waals surface area contributed by atoms with Crippen LogP contribution in [-0.4, -0.2) is 62.8 Å². The lowest BCUT2D eigenvalue weighted by atomic mass is 9.95. The zero-order valence-electron chi connectivity index (χ0n) is 20.2. The summed E-state index contributed by atoms with van der Waals surface area (Å²) < 4.78 is 21.6. The Hall–Kier alpha value is -3.52. The summed E-state index contributed by atoms with van der Waals surface area (Å²) in [4.78, 5) is 27.4. The van der Waals surface area contributed by atoms with Gasteiger partial charge in [0.1, 0.15) is 11.5 Å². The number of ketones is 1. The Morgan fingerprint density at radius 1 is 1.00 bits per heavy atom. The third-order valence-corrected chi connectivity index (χ3v) is 5.51. The first-order valence-electron chi connectivity index (χ1n) is 11.0. The van der Waals surface area contributed by atoms with Crippen LogP contribution in [0.4, 0.5) is 0 Å². The smallest absolute Gasteiger partial charge is 0.295 e. The van der Waals surface area contributed by atoms with Crippen molar-refractivity contribution in [1.82, 2.24) is 4.90 Å². The van der Waals surface area contributed by atoms with Crippen LogP contribution in [0, 0.1) is 5.92 Å². The second kappa shape index (κ2) is 11.1. The molecule has 1 amide bonds. The number of methoxy groups -OCH3 is 3. The van der Waals surface area contributed by atoms with E-state index in [1.807, 2.05) is 0 Å². The highest BCUT2D eigenvalue weighted by Gasteiger charge is 2.46. The second-order valence-electron chi connectivity index (χ2n) is 8.33. The van der Waals surface area contributed by atoms with E-state index in [1.54, 1.807) is 42.5 Å². The number of amides is 1. The molecule has 0 saturated carbocycles. The van der Waals surface area contributed by atoms with Gasteiger partial charge in [-0.25, -0.2) is 0 Å². The van der Waals surface area contributed by atoms with Crippen molar-refractivity contribution in [2.45, 2.75) is 19.9 Å². The van der Waals surface area contributed by atoms with Crippen LogP contribution >= 0.6 is 0 Å². The van der Waals surface area contributed by atoms with Gasteiger partial charge in [0.2, 0.25) is 0 Å². The molecular weight excluding hydrogens is 438 g/mol. The quantitative estimate of drug-likeness (QED) is 0.321. The zero-order chi connectivity index (χ0) is 24.8. The Morgan fingerprint density at radius 3 is 2.26 bits per heavy atom. The summed E-state index contributed by atoms with van der Waals surface area (Å²) in [5.41, 5.74) is 1.02. The summed E-state index contributed by atoms with van der Waals surface area (Å²) in [6.45, 7) is 5.08. The molecule has 0 unspecified atom stereocenters. The molecule has 0 spiro atoms. The van der Waals surface area contributed by atoms with Crippen molar-refractivity contribution in [3.8, 4) is 17.2 Å². The maximum Gasteiger partial charge on any atom is 0.295 e. The number of nitrogens with zero attached hydrogens (tertiary/aromatic N) is 1. The molecule has 0 aliphatic carbocycles. The molecule has 0 aromatic heterocycles. The van der Waals surface area contributed by atoms with Gasteiger partial charge in [0, 0.05) is 19.2 Å². The molecule has 2 aromatic carbocycles. The SMILES string of the molecule is COCCN1C(=O)C(=O)/C(=C(/O)c2ccc(OCC(C)C)cc2)[C@H]1c1ccc(OC)c(OC)c1. The number of ether oxygens (including phenoxy) is 4. The second-order valence-corrected chi connectivity index (χ2v) is 8.33. The van der Waals surface area contributed by atoms with Crippen molar-refractivity contribution in [3.63, 3.8) is 0 Å². The van der Waals surface area contributed by atoms with Crippen molar-refractivity contribution >= 4 is 17.4 Å². The highest BCUT2D eigenvalue weighted by Crippen LogP contribution is 2.41. The van der Waals surface area contributed by atoms with Crippen LogP contribution in [0.2, 0.25) is 0 Å². The van der Waals surface area contributed by atoms with Gasteiger partial charge in [-0.05, 0) is 47.9 Å². The van der Waals surface area contributed by atoms with Crippen molar-refractivity contribution in [3.05, 3.63) is 59.2 Å². The van der Waals surface area contributed by atoms with Crippen molar-refractivity contribution < 1.29 is 33.6 Å². The normalized spacial score (nSPS) is 17.4. The molecule has 1 N–H and O–H groups in total. The maximum atomic E-state index is 13.1. The monoisotopic (exact) mass is 469 g/mol. The van der Waals surface area contributed by atoms with Crippen LogP contribution in [0.3, 0.4) is 0 Å². The number of carbonyl (C=O) groups is 2. The van der Waals surface area contributed by atoms with Crippen LogP contribution in [-0.2, 0) is 14.3 Å². The van der Waals surface area contributed by atoms with Gasteiger partial charge in [-0.3, -0.25) is 9.59 Å². The van der Waals surface area contributed by atoms with Gasteiger partial charge in [0.25, 0.3) is 11.7 Å². The minimum atomic E-state index is -0.813. The van der Waals surface area contributed by atoms with Gasteiger partial charge in [-0.15, -0.1) is 0 Å². The standard InChI is InChI=1S/C26H31NO7/c1-16(2)15-34-19-9-6-17(7-10-19)24(28)22-23(27(12-13-31-3)26(30)25(22)29)18-8-11-20(32-4)21(14-18)33-5/h6-11,14,16,23,28H,12-13,15H2,1-5H3/b24-22+/t23-/m1/s1. The number of carbonyl (C=O) groups excluding carboxylic acids is 2. The first kappa shape index (κ1) is 25.1. The third-order valence-electron chi connectivity index (χ3n) is 5.51. The van der Waals surface area contributed by atoms with Crippen LogP contribution in [0.25, 0.3) is 5.76 Å². The fraction of sp³-hybridized carbons (Fsp3) is 0.385. The third kappa shape index (κ3) is 5.17. The first-order valence-corrected chi connectivity index (χ1v) is 11.0. The van der Waals surface area contributed by atoms with Crippen LogP contribution in [0.15, 0.2) is 48.0 Å². The number of benzene rings is 2. The highest BCUT2D eigenvalue weighted by atomic mass is 16.5. The van der Waals surface area contributed by atoms with E-state index in [1.165, 1.54) is 26.2 Å². The van der Waals surface area contributed by atoms with Crippen molar-refractivity contribution in [2.75, 3.05) is 41.1 Å². The van der Waals surface area contributed by atoms with Gasteiger partial charge in [0.15, 0.2) is 11.5 Å². The summed E-state index contributed by atoms with van der Waals surface area (Å²) in [7, 11) is 4.55. The Bertz CT molecular complexity index is 1060. The molecule has 1 aliphatic rings. The number of likely N-dealkylation sites (tertiary alicyclic amines) is 1. The zero-order valence-corrected chi connectivity index (χ0v) is 20.2. The average molecular weight is 470 g/mol. The number of hydrogen-bond donors (Lipinski definition) is 1. The minimum Gasteiger partial charge on any atom is -0.507 e. The molecule has 34 heavy (non-hydrogen) atoms. The summed E-state index contributed by atoms with van der Waals surface area (Å²) in [5, 5.41) is 11.2. The van der Waals surface area contributed by atoms with E-state index in [0.717, 1.165) is 0 Å². The Morgan fingerprint density at radius 2 is 1.68 bits per heavy atom.